The van der Waals surface area contributed by atoms with Gasteiger partial charge in [-0.15, -0.1) is 0 Å². The number of nitrogens with one attached hydrogen (secondary N) is 9. The molecular weight excluding hydrogens is 799 g/mol. The van der Waals surface area contributed by atoms with Crippen molar-refractivity contribution in [3.63, 3.8) is 0 Å². The SMILES string of the molecule is C[C@]1(NC(=O)CCCC(=O)O)CNCCNC[C@@](CN)(NC(=O)CCCC(=O)NC(Cc2ccc(O)cc2)C(=O)NCCCCCC(=O)N[C@@H](CS)C(N)=O)CNCCN1. The molecule has 338 valence electrons. The fraction of sp³-hybridized carbons (Fsp3) is 0.667. The van der Waals surface area contributed by atoms with E-state index in [1.165, 1.54) is 12.1 Å². The average Bonchev–Trinajstić information content (AvgIpc) is 3.20. The smallest absolute Gasteiger partial charge is 0.303 e. The van der Waals surface area contributed by atoms with Gasteiger partial charge >= 0.3 is 5.97 Å². The lowest BCUT2D eigenvalue weighted by molar-refractivity contribution is -0.137. The third kappa shape index (κ3) is 21.6. The summed E-state index contributed by atoms with van der Waals surface area (Å²) in [6.07, 6.45) is 2.55. The highest BCUT2D eigenvalue weighted by molar-refractivity contribution is 7.80. The number of carboxylic acids is 1. The lowest BCUT2D eigenvalue weighted by Crippen LogP contribution is -2.65. The van der Waals surface area contributed by atoms with Crippen molar-refractivity contribution in [3.05, 3.63) is 29.8 Å². The van der Waals surface area contributed by atoms with Crippen molar-refractivity contribution >= 4 is 54.0 Å². The molecule has 1 fully saturated rings. The second-order valence-electron chi connectivity index (χ2n) is 15.3. The number of aliphatic carboxylic acids is 1. The molecule has 1 unspecified atom stereocenters. The number of phenolic OH excluding ortho intramolecular Hbond substituents is 1. The first kappa shape index (κ1) is 51.6. The average molecular weight is 866 g/mol. The van der Waals surface area contributed by atoms with Crippen molar-refractivity contribution in [2.75, 3.05) is 64.7 Å². The summed E-state index contributed by atoms with van der Waals surface area (Å²) in [5.41, 5.74) is 10.6. The van der Waals surface area contributed by atoms with Crippen LogP contribution in [0.1, 0.15) is 76.7 Å². The van der Waals surface area contributed by atoms with E-state index in [1.807, 2.05) is 6.92 Å². The van der Waals surface area contributed by atoms with E-state index in [0.29, 0.717) is 77.2 Å². The van der Waals surface area contributed by atoms with Gasteiger partial charge in [0, 0.05) is 103 Å². The van der Waals surface area contributed by atoms with Crippen LogP contribution in [0.2, 0.25) is 0 Å². The zero-order valence-electron chi connectivity index (χ0n) is 34.7. The van der Waals surface area contributed by atoms with Crippen LogP contribution < -0.4 is 59.3 Å². The molecule has 1 heterocycles. The molecule has 60 heavy (non-hydrogen) atoms. The number of amides is 6. The fourth-order valence-electron chi connectivity index (χ4n) is 6.37. The van der Waals surface area contributed by atoms with E-state index < -0.39 is 47.0 Å². The first-order valence-electron chi connectivity index (χ1n) is 20.5. The quantitative estimate of drug-likeness (QED) is 0.0376. The van der Waals surface area contributed by atoms with E-state index >= 15 is 0 Å². The molecule has 20 nitrogen and oxygen atoms in total. The minimum atomic E-state index is -0.950. The van der Waals surface area contributed by atoms with Crippen LogP contribution in [0.15, 0.2) is 24.3 Å². The van der Waals surface area contributed by atoms with Crippen LogP contribution in [-0.2, 0) is 40.0 Å². The van der Waals surface area contributed by atoms with Crippen LogP contribution in [0.4, 0.5) is 0 Å². The van der Waals surface area contributed by atoms with Crippen LogP contribution in [0.25, 0.3) is 0 Å². The van der Waals surface area contributed by atoms with Crippen LogP contribution >= 0.6 is 12.6 Å². The van der Waals surface area contributed by atoms with Crippen molar-refractivity contribution in [3.8, 4) is 5.75 Å². The Labute approximate surface area is 357 Å². The molecule has 2 rings (SSSR count). The third-order valence-electron chi connectivity index (χ3n) is 9.78. The number of carboxylic acid groups (broad SMARTS) is 1. The normalized spacial score (nSPS) is 19.8. The van der Waals surface area contributed by atoms with Gasteiger partial charge < -0.3 is 64.2 Å². The Bertz CT molecular complexity index is 1540. The van der Waals surface area contributed by atoms with E-state index in [9.17, 15) is 38.7 Å². The molecule has 0 radical (unpaired) electrons. The minimum absolute atomic E-state index is 0.0169. The number of carbonyl (C=O) groups is 7. The monoisotopic (exact) mass is 865 g/mol. The Kier molecular flexibility index (Phi) is 24.1. The van der Waals surface area contributed by atoms with Crippen LogP contribution in [0, 0.1) is 0 Å². The Hall–Kier alpha value is -4.54. The Morgan fingerprint density at radius 2 is 1.28 bits per heavy atom. The molecular formula is C39H67N11O9S. The van der Waals surface area contributed by atoms with Gasteiger partial charge in [-0.1, -0.05) is 18.6 Å². The van der Waals surface area contributed by atoms with E-state index in [0.717, 1.165) is 0 Å². The summed E-state index contributed by atoms with van der Waals surface area (Å²) in [5, 5.41) is 46.1. The third-order valence-corrected chi connectivity index (χ3v) is 10.1. The highest BCUT2D eigenvalue weighted by atomic mass is 32.1. The van der Waals surface area contributed by atoms with Crippen molar-refractivity contribution < 1.29 is 43.8 Å². The van der Waals surface area contributed by atoms with Crippen molar-refractivity contribution in [1.29, 1.82) is 0 Å². The Morgan fingerprint density at radius 1 is 0.733 bits per heavy atom. The summed E-state index contributed by atoms with van der Waals surface area (Å²) in [5.74, 6) is -3.12. The van der Waals surface area contributed by atoms with Crippen LogP contribution in [-0.4, -0.2) is 140 Å². The summed E-state index contributed by atoms with van der Waals surface area (Å²) in [7, 11) is 0. The molecule has 21 heteroatoms. The second-order valence-corrected chi connectivity index (χ2v) is 15.6. The number of hydrogen-bond donors (Lipinski definition) is 14. The minimum Gasteiger partial charge on any atom is -0.508 e. The van der Waals surface area contributed by atoms with E-state index in [-0.39, 0.29) is 87.1 Å². The van der Waals surface area contributed by atoms with E-state index in [2.05, 4.69) is 60.5 Å². The number of carbonyl (C=O) groups excluding carboxylic acids is 6. The van der Waals surface area contributed by atoms with E-state index in [4.69, 9.17) is 16.6 Å². The summed E-state index contributed by atoms with van der Waals surface area (Å²) >= 11 is 4.01. The zero-order chi connectivity index (χ0) is 44.4. The molecule has 0 saturated carbocycles. The number of nitrogens with two attached hydrogens (primary N) is 2. The topological polar surface area (TPSA) is 320 Å². The summed E-state index contributed by atoms with van der Waals surface area (Å²) in [6, 6.07) is 4.55. The molecule has 1 aromatic carbocycles. The largest absolute Gasteiger partial charge is 0.508 e. The summed E-state index contributed by atoms with van der Waals surface area (Å²) in [4.78, 5) is 86.3. The van der Waals surface area contributed by atoms with Gasteiger partial charge in [-0.25, -0.2) is 0 Å². The number of benzene rings is 1. The van der Waals surface area contributed by atoms with Gasteiger partial charge in [0.15, 0.2) is 0 Å². The molecule has 0 bridgehead atoms. The summed E-state index contributed by atoms with van der Waals surface area (Å²) in [6.45, 7) is 5.44. The molecule has 0 aromatic heterocycles. The molecule has 0 aliphatic carbocycles. The Morgan fingerprint density at radius 3 is 1.88 bits per heavy atom. The maximum Gasteiger partial charge on any atom is 0.303 e. The maximum absolute atomic E-state index is 13.2. The number of thiol groups is 1. The number of rotatable bonds is 24. The second kappa shape index (κ2) is 28.1. The van der Waals surface area contributed by atoms with Crippen LogP contribution in [0.5, 0.6) is 5.75 Å². The van der Waals surface area contributed by atoms with Gasteiger partial charge in [-0.3, -0.25) is 38.9 Å². The molecule has 4 atom stereocenters. The van der Waals surface area contributed by atoms with Gasteiger partial charge in [0.05, 0.1) is 5.54 Å². The molecule has 1 saturated heterocycles. The predicted octanol–water partition coefficient (Wildman–Crippen LogP) is -2.56. The van der Waals surface area contributed by atoms with Gasteiger partial charge in [0.2, 0.25) is 35.4 Å². The number of primary amides is 1. The van der Waals surface area contributed by atoms with Crippen molar-refractivity contribution in [2.45, 2.75) is 101 Å². The van der Waals surface area contributed by atoms with Crippen LogP contribution in [0.3, 0.4) is 0 Å². The lowest BCUT2D eigenvalue weighted by atomic mass is 9.98. The maximum atomic E-state index is 13.2. The molecule has 1 aromatic rings. The molecule has 1 aliphatic rings. The molecule has 6 amide bonds. The number of hydrogen-bond acceptors (Lipinski definition) is 14. The lowest BCUT2D eigenvalue weighted by Gasteiger charge is -2.35. The molecule has 1 aliphatic heterocycles. The standard InChI is InChI=1S/C39H67N11O9S/c1-38(49-33(54)10-6-11-35(56)57)24-42-17-18-43-25-39(23-40,26-44-19-20-46-38)50-34(55)9-5-8-32(53)47-29(21-27-12-14-28(51)15-13-27)37(59)45-16-4-2-3-7-31(52)48-30(22-60)36(41)58/h12-15,29-30,42-44,46,51,60H,2-11,16-26,40H2,1H3,(H2,41,58)(H,45,59)(H,47,53)(H,48,52)(H,49,54)(H,50,55)(H,56,57)/t29?,30-,38-,39+/m0/s1. The first-order valence-corrected chi connectivity index (χ1v) is 21.2. The first-order chi connectivity index (χ1) is 28.6. The van der Waals surface area contributed by atoms with Gasteiger partial charge in [0.25, 0.3) is 0 Å². The van der Waals surface area contributed by atoms with Gasteiger partial charge in [-0.2, -0.15) is 12.6 Å². The number of aromatic hydroxyl groups is 1. The highest BCUT2D eigenvalue weighted by Crippen LogP contribution is 2.12. The van der Waals surface area contributed by atoms with Gasteiger partial charge in [-0.05, 0) is 50.3 Å². The Balaban J connectivity index is 1.88. The highest BCUT2D eigenvalue weighted by Gasteiger charge is 2.31. The predicted molar refractivity (Wildman–Crippen MR) is 229 cm³/mol. The van der Waals surface area contributed by atoms with Gasteiger partial charge in [0.1, 0.15) is 23.5 Å². The molecule has 15 N–H and O–H groups in total. The fourth-order valence-corrected chi connectivity index (χ4v) is 6.64. The van der Waals surface area contributed by atoms with Crippen molar-refractivity contribution in [1.82, 2.24) is 47.9 Å². The zero-order valence-corrected chi connectivity index (χ0v) is 35.6. The number of unbranched alkanes of at least 4 members (excludes halogenated alkanes) is 2. The number of phenols is 1. The van der Waals surface area contributed by atoms with E-state index in [1.54, 1.807) is 12.1 Å². The summed E-state index contributed by atoms with van der Waals surface area (Å²) < 4.78 is 0. The van der Waals surface area contributed by atoms with Crippen molar-refractivity contribution in [2.24, 2.45) is 11.5 Å². The molecule has 0 spiro atoms.